The maximum atomic E-state index is 10.4. The van der Waals surface area contributed by atoms with Gasteiger partial charge in [0.1, 0.15) is 6.23 Å². The first kappa shape index (κ1) is 34.0. The summed E-state index contributed by atoms with van der Waals surface area (Å²) in [4.78, 5) is 17.0. The number of unbranched alkanes of at least 4 members (excludes halogenated alkanes) is 13. The van der Waals surface area contributed by atoms with Crippen LogP contribution in [0.4, 0.5) is 0 Å². The van der Waals surface area contributed by atoms with Gasteiger partial charge in [0.05, 0.1) is 13.0 Å². The lowest BCUT2D eigenvalue weighted by Crippen LogP contribution is -2.41. The normalized spacial score (nSPS) is 13.0. The molecule has 9 N–H and O–H groups in total. The smallest absolute Gasteiger partial charge is 0.378 e. The van der Waals surface area contributed by atoms with Gasteiger partial charge >= 0.3 is 7.82 Å². The third kappa shape index (κ3) is 34.5. The lowest BCUT2D eigenvalue weighted by atomic mass is 10.0. The van der Waals surface area contributed by atoms with Crippen molar-refractivity contribution < 1.29 is 39.3 Å². The minimum atomic E-state index is -4.25. The van der Waals surface area contributed by atoms with Crippen molar-refractivity contribution in [3.05, 3.63) is 0 Å². The number of aliphatic hydroxyl groups excluding tert-OH is 1. The van der Waals surface area contributed by atoms with Gasteiger partial charge in [0.15, 0.2) is 0 Å². The molecule has 0 radical (unpaired) electrons. The van der Waals surface area contributed by atoms with E-state index in [4.69, 9.17) is 35.9 Å². The molecule has 196 valence electrons. The molecule has 0 amide bonds. The maximum absolute atomic E-state index is 10.4. The quantitative estimate of drug-likeness (QED) is 0.0677. The Labute approximate surface area is 193 Å². The molecule has 0 heterocycles. The summed E-state index contributed by atoms with van der Waals surface area (Å²) in [6, 6.07) is 0. The van der Waals surface area contributed by atoms with Crippen molar-refractivity contribution in [3.8, 4) is 0 Å². The molecular formula is C21H49N2O8P. The standard InChI is InChI=1S/C16H35O4P.C5H14N2O4/c1-2-3-4-5-6-7-8-9-10-11-12-13-14-15-16-20-21(17,18)19;6-1-2-7-4(8)3-5(9,10)11/h2-16H2,1H3,(H2,17,18,19);4,7-11H,1-3,6H2. The number of phosphoric ester groups is 1. The number of rotatable bonds is 21. The monoisotopic (exact) mass is 488 g/mol. The molecule has 0 aromatic rings. The minimum Gasteiger partial charge on any atom is -0.378 e. The molecule has 11 heteroatoms. The average Bonchev–Trinajstić information content (AvgIpc) is 2.67. The van der Waals surface area contributed by atoms with Gasteiger partial charge in [-0.05, 0) is 6.42 Å². The van der Waals surface area contributed by atoms with E-state index in [-0.39, 0.29) is 6.61 Å². The molecule has 0 aromatic carbocycles. The number of nitrogens with one attached hydrogen (secondary N) is 1. The summed E-state index contributed by atoms with van der Waals surface area (Å²) in [6.45, 7) is 3.09. The zero-order valence-electron chi connectivity index (χ0n) is 19.8. The third-order valence-electron chi connectivity index (χ3n) is 4.75. The van der Waals surface area contributed by atoms with E-state index >= 15 is 0 Å². The van der Waals surface area contributed by atoms with Gasteiger partial charge in [-0.25, -0.2) is 4.57 Å². The predicted octanol–water partition coefficient (Wildman–Crippen LogP) is 2.45. The van der Waals surface area contributed by atoms with E-state index in [1.54, 1.807) is 0 Å². The Morgan fingerprint density at radius 2 is 1.25 bits per heavy atom. The van der Waals surface area contributed by atoms with Crippen molar-refractivity contribution >= 4 is 7.82 Å². The summed E-state index contributed by atoms with van der Waals surface area (Å²) in [5, 5.41) is 36.4. The van der Waals surface area contributed by atoms with Crippen LogP contribution in [0, 0.1) is 0 Å². The molecule has 0 aliphatic heterocycles. The largest absolute Gasteiger partial charge is 0.469 e. The van der Waals surface area contributed by atoms with E-state index < -0.39 is 26.4 Å². The molecule has 32 heavy (non-hydrogen) atoms. The van der Waals surface area contributed by atoms with E-state index in [1.165, 1.54) is 70.6 Å². The molecular weight excluding hydrogens is 439 g/mol. The van der Waals surface area contributed by atoms with Crippen LogP contribution in [-0.4, -0.2) is 62.1 Å². The number of phosphoric acid groups is 1. The van der Waals surface area contributed by atoms with Crippen molar-refractivity contribution in [1.29, 1.82) is 0 Å². The van der Waals surface area contributed by atoms with Gasteiger partial charge < -0.3 is 35.9 Å². The molecule has 10 nitrogen and oxygen atoms in total. The SMILES string of the molecule is CCCCCCCCCCCCCCCCOP(=O)(O)O.NCCNC(O)CC(O)(O)O. The Balaban J connectivity index is 0. The van der Waals surface area contributed by atoms with Crippen LogP contribution in [0.15, 0.2) is 0 Å². The molecule has 0 saturated carbocycles. The van der Waals surface area contributed by atoms with E-state index in [2.05, 4.69) is 16.8 Å². The van der Waals surface area contributed by atoms with E-state index in [1.807, 2.05) is 0 Å². The minimum absolute atomic E-state index is 0.169. The highest BCUT2D eigenvalue weighted by Gasteiger charge is 2.22. The molecule has 0 saturated heterocycles. The lowest BCUT2D eigenvalue weighted by molar-refractivity contribution is -0.323. The van der Waals surface area contributed by atoms with Crippen LogP contribution in [-0.2, 0) is 9.09 Å². The Bertz CT molecular complexity index is 433. The van der Waals surface area contributed by atoms with Crippen LogP contribution in [0.25, 0.3) is 0 Å². The molecule has 1 atom stereocenters. The van der Waals surface area contributed by atoms with Gasteiger partial charge in [-0.15, -0.1) is 0 Å². The number of nitrogens with two attached hydrogens (primary N) is 1. The van der Waals surface area contributed by atoms with Crippen LogP contribution in [0.3, 0.4) is 0 Å². The Morgan fingerprint density at radius 3 is 1.59 bits per heavy atom. The highest BCUT2D eigenvalue weighted by molar-refractivity contribution is 7.46. The van der Waals surface area contributed by atoms with Crippen molar-refractivity contribution in [2.24, 2.45) is 5.73 Å². The first-order valence-corrected chi connectivity index (χ1v) is 13.5. The maximum Gasteiger partial charge on any atom is 0.469 e. The molecule has 0 aliphatic carbocycles. The number of hydrogen-bond acceptors (Lipinski definition) is 8. The molecule has 0 spiro atoms. The summed E-state index contributed by atoms with van der Waals surface area (Å²) in [5.74, 6) is -2.83. The van der Waals surface area contributed by atoms with Crippen LogP contribution in [0.2, 0.25) is 0 Å². The summed E-state index contributed by atoms with van der Waals surface area (Å²) in [6.07, 6.45) is 16.0. The van der Waals surface area contributed by atoms with Gasteiger partial charge in [0.2, 0.25) is 0 Å². The summed E-state index contributed by atoms with van der Waals surface area (Å²) >= 11 is 0. The molecule has 0 fully saturated rings. The van der Waals surface area contributed by atoms with E-state index in [9.17, 15) is 4.57 Å². The van der Waals surface area contributed by atoms with Crippen LogP contribution >= 0.6 is 7.82 Å². The molecule has 1 unspecified atom stereocenters. The van der Waals surface area contributed by atoms with Crippen molar-refractivity contribution in [2.75, 3.05) is 19.7 Å². The van der Waals surface area contributed by atoms with Gasteiger partial charge in [0.25, 0.3) is 5.97 Å². The topological polar surface area (TPSA) is 186 Å². The van der Waals surface area contributed by atoms with Crippen LogP contribution in [0.5, 0.6) is 0 Å². The molecule has 0 aromatic heterocycles. The number of aliphatic hydroxyl groups is 4. The Morgan fingerprint density at radius 1 is 0.844 bits per heavy atom. The van der Waals surface area contributed by atoms with E-state index in [0.717, 1.165) is 19.3 Å². The zero-order valence-corrected chi connectivity index (χ0v) is 20.7. The van der Waals surface area contributed by atoms with Crippen molar-refractivity contribution in [1.82, 2.24) is 5.32 Å². The third-order valence-corrected chi connectivity index (χ3v) is 5.27. The lowest BCUT2D eigenvalue weighted by Gasteiger charge is -2.18. The second-order valence-electron chi connectivity index (χ2n) is 8.16. The fraction of sp³-hybridized carbons (Fsp3) is 1.00. The Kier molecular flexibility index (Phi) is 24.1. The van der Waals surface area contributed by atoms with E-state index in [0.29, 0.717) is 13.1 Å². The highest BCUT2D eigenvalue weighted by atomic mass is 31.2. The molecule has 0 aliphatic rings. The van der Waals surface area contributed by atoms with Crippen LogP contribution in [0.1, 0.15) is 103 Å². The van der Waals surface area contributed by atoms with Gasteiger partial charge in [-0.3, -0.25) is 9.84 Å². The van der Waals surface area contributed by atoms with Gasteiger partial charge in [-0.2, -0.15) is 0 Å². The first-order valence-electron chi connectivity index (χ1n) is 12.0. The van der Waals surface area contributed by atoms with Crippen molar-refractivity contribution in [3.63, 3.8) is 0 Å². The summed E-state index contributed by atoms with van der Waals surface area (Å²) < 4.78 is 14.8. The summed E-state index contributed by atoms with van der Waals surface area (Å²) in [7, 11) is -4.25. The predicted molar refractivity (Wildman–Crippen MR) is 125 cm³/mol. The van der Waals surface area contributed by atoms with Crippen molar-refractivity contribution in [2.45, 2.75) is 115 Å². The van der Waals surface area contributed by atoms with Crippen LogP contribution < -0.4 is 11.1 Å². The fourth-order valence-corrected chi connectivity index (χ4v) is 3.43. The number of hydrogen-bond donors (Lipinski definition) is 8. The second-order valence-corrected chi connectivity index (χ2v) is 9.40. The first-order chi connectivity index (χ1) is 15.0. The average molecular weight is 489 g/mol. The highest BCUT2D eigenvalue weighted by Crippen LogP contribution is 2.35. The van der Waals surface area contributed by atoms with Gasteiger partial charge in [-0.1, -0.05) is 90.4 Å². The molecule has 0 bridgehead atoms. The van der Waals surface area contributed by atoms with Gasteiger partial charge in [0, 0.05) is 13.1 Å². The summed E-state index contributed by atoms with van der Waals surface area (Å²) in [5.41, 5.74) is 5.08. The molecule has 0 rings (SSSR count). The zero-order chi connectivity index (χ0) is 24.7. The Hall–Kier alpha value is -0.130. The fourth-order valence-electron chi connectivity index (χ4n) is 3.06. The second kappa shape index (κ2) is 22.7.